The molecule has 2 aromatic carbocycles. The summed E-state index contributed by atoms with van der Waals surface area (Å²) in [5.41, 5.74) is 47.3. The van der Waals surface area contributed by atoms with Crippen LogP contribution < -0.4 is 5.32 Å². The summed E-state index contributed by atoms with van der Waals surface area (Å²) in [6, 6.07) is 13.7. The molecular weight excluding hydrogens is 760 g/mol. The van der Waals surface area contributed by atoms with E-state index in [4.69, 9.17) is 39.5 Å². The Balaban J connectivity index is 1.73. The van der Waals surface area contributed by atoms with Crippen molar-refractivity contribution in [2.45, 2.75) is 113 Å². The van der Waals surface area contributed by atoms with Gasteiger partial charge in [0.05, 0.1) is 56.7 Å². The summed E-state index contributed by atoms with van der Waals surface area (Å²) in [5, 5.41) is 33.3. The second kappa shape index (κ2) is 22.7. The third kappa shape index (κ3) is 13.3. The molecule has 1 heterocycles. The number of hydrogen-bond acceptors (Lipinski definition) is 13. The van der Waals surface area contributed by atoms with Gasteiger partial charge < -0.3 is 38.8 Å². The van der Waals surface area contributed by atoms with E-state index in [0.717, 1.165) is 11.1 Å². The zero-order valence-electron chi connectivity index (χ0n) is 31.9. The van der Waals surface area contributed by atoms with Crippen LogP contribution in [0.5, 0.6) is 0 Å². The monoisotopic (exact) mass is 804 g/mol. The number of nitrogens with zero attached hydrogens (tertiary/aromatic N) is 15. The van der Waals surface area contributed by atoms with Crippen molar-refractivity contribution >= 4 is 6.09 Å². The molecule has 1 aliphatic heterocycles. The second-order valence-electron chi connectivity index (χ2n) is 14.1. The lowest BCUT2D eigenvalue weighted by Gasteiger charge is -2.48. The fourth-order valence-corrected chi connectivity index (χ4v) is 6.43. The van der Waals surface area contributed by atoms with Crippen molar-refractivity contribution in [3.8, 4) is 0 Å². The number of amides is 1. The third-order valence-electron chi connectivity index (χ3n) is 8.88. The summed E-state index contributed by atoms with van der Waals surface area (Å²) in [6.07, 6.45) is -10.3. The highest BCUT2D eigenvalue weighted by Gasteiger charge is 2.52. The molecule has 0 aromatic heterocycles. The average molecular weight is 805 g/mol. The smallest absolute Gasteiger partial charge is 0.407 e. The van der Waals surface area contributed by atoms with Crippen LogP contribution in [0.15, 0.2) is 86.2 Å². The van der Waals surface area contributed by atoms with E-state index in [9.17, 15) is 26.5 Å². The predicted octanol–water partition coefficient (Wildman–Crippen LogP) is 6.97. The number of nitrogens with one attached hydrogen (secondary N) is 1. The van der Waals surface area contributed by atoms with Crippen LogP contribution >= 0.6 is 0 Å². The molecule has 24 nitrogen and oxygen atoms in total. The number of ether oxygens (including phenoxy) is 6. The summed E-state index contributed by atoms with van der Waals surface area (Å²) >= 11 is 0. The van der Waals surface area contributed by atoms with E-state index in [0.29, 0.717) is 0 Å². The SMILES string of the molecule is CC(C)(C)OC(=O)N[C@@H]1CC(N=[N+]=[N-])C(O[C@H]2OC(CN=[N+]=[N-])[C@@H](OCc3ccccc3)[C@H](OCc3ccccc3)C2N=[N+]=[N-])[C@H](O)C1OC[C@@H](CN=[N+]=[N-])N=[N+]=[N-]. The Morgan fingerprint density at radius 3 is 2.02 bits per heavy atom. The van der Waals surface area contributed by atoms with Crippen molar-refractivity contribution in [3.05, 3.63) is 124 Å². The predicted molar refractivity (Wildman–Crippen MR) is 204 cm³/mol. The summed E-state index contributed by atoms with van der Waals surface area (Å²) in [6.45, 7) is 4.09. The minimum absolute atomic E-state index is 0.0264. The first kappa shape index (κ1) is 44.7. The molecule has 1 saturated carbocycles. The van der Waals surface area contributed by atoms with Crippen LogP contribution in [0.4, 0.5) is 4.79 Å². The Kier molecular flexibility index (Phi) is 17.5. The Labute approximate surface area is 331 Å². The molecule has 0 radical (unpaired) electrons. The maximum atomic E-state index is 13.0. The number of alkyl carbamates (subject to hydrolysis) is 1. The fourth-order valence-electron chi connectivity index (χ4n) is 6.43. The lowest BCUT2D eigenvalue weighted by molar-refractivity contribution is -0.301. The first-order chi connectivity index (χ1) is 28.0. The van der Waals surface area contributed by atoms with Crippen molar-refractivity contribution in [1.82, 2.24) is 5.32 Å². The molecule has 0 spiro atoms. The van der Waals surface area contributed by atoms with Gasteiger partial charge in [0.2, 0.25) is 0 Å². The highest BCUT2D eigenvalue weighted by molar-refractivity contribution is 5.68. The van der Waals surface area contributed by atoms with Crippen LogP contribution in [0, 0.1) is 0 Å². The molecule has 58 heavy (non-hydrogen) atoms. The highest BCUT2D eigenvalue weighted by Crippen LogP contribution is 2.35. The quantitative estimate of drug-likeness (QED) is 0.0846. The van der Waals surface area contributed by atoms with Crippen molar-refractivity contribution in [3.63, 3.8) is 0 Å². The van der Waals surface area contributed by atoms with Crippen molar-refractivity contribution in [2.75, 3.05) is 19.7 Å². The van der Waals surface area contributed by atoms with Crippen LogP contribution in [0.25, 0.3) is 52.2 Å². The Morgan fingerprint density at radius 2 is 1.45 bits per heavy atom. The molecule has 1 amide bonds. The summed E-state index contributed by atoms with van der Waals surface area (Å²) in [7, 11) is 0. The van der Waals surface area contributed by atoms with Crippen LogP contribution in [0.2, 0.25) is 0 Å². The van der Waals surface area contributed by atoms with Crippen LogP contribution in [0.1, 0.15) is 38.3 Å². The van der Waals surface area contributed by atoms with Gasteiger partial charge in [-0.1, -0.05) is 86.2 Å². The van der Waals surface area contributed by atoms with Gasteiger partial charge in [-0.3, -0.25) is 0 Å². The van der Waals surface area contributed by atoms with Crippen LogP contribution in [-0.4, -0.2) is 104 Å². The topological polar surface area (TPSA) is 349 Å². The Hall–Kier alpha value is -5.98. The van der Waals surface area contributed by atoms with Gasteiger partial charge in [0.1, 0.15) is 36.1 Å². The first-order valence-electron chi connectivity index (χ1n) is 18.1. The van der Waals surface area contributed by atoms with E-state index in [-0.39, 0.29) is 39.3 Å². The van der Waals surface area contributed by atoms with E-state index in [1.54, 1.807) is 20.8 Å². The molecule has 11 atom stereocenters. The van der Waals surface area contributed by atoms with Gasteiger partial charge in [-0.05, 0) is 66.0 Å². The Morgan fingerprint density at radius 1 is 0.828 bits per heavy atom. The highest BCUT2D eigenvalue weighted by atomic mass is 16.7. The van der Waals surface area contributed by atoms with Gasteiger partial charge in [0, 0.05) is 31.1 Å². The van der Waals surface area contributed by atoms with Gasteiger partial charge in [-0.2, -0.15) is 0 Å². The van der Waals surface area contributed by atoms with Crippen LogP contribution in [-0.2, 0) is 41.6 Å². The lowest BCUT2D eigenvalue weighted by Crippen LogP contribution is -2.65. The maximum Gasteiger partial charge on any atom is 0.407 e. The molecular formula is C34H44N16O8. The molecule has 2 aliphatic rings. The van der Waals surface area contributed by atoms with Crippen molar-refractivity contribution in [1.29, 1.82) is 0 Å². The average Bonchev–Trinajstić information content (AvgIpc) is 3.19. The molecule has 1 aliphatic carbocycles. The van der Waals surface area contributed by atoms with Gasteiger partial charge in [0.25, 0.3) is 0 Å². The number of aliphatic hydroxyl groups is 1. The van der Waals surface area contributed by atoms with Gasteiger partial charge in [-0.25, -0.2) is 4.79 Å². The molecule has 308 valence electrons. The second-order valence-corrected chi connectivity index (χ2v) is 14.1. The number of carbonyl (C=O) groups is 1. The largest absolute Gasteiger partial charge is 0.444 e. The molecule has 0 bridgehead atoms. The number of rotatable bonds is 19. The molecule has 5 unspecified atom stereocenters. The number of azide groups is 5. The number of carbonyl (C=O) groups excluding carboxylic acids is 1. The first-order valence-corrected chi connectivity index (χ1v) is 18.1. The van der Waals surface area contributed by atoms with Crippen LogP contribution in [0.3, 0.4) is 0 Å². The van der Waals surface area contributed by atoms with E-state index in [1.807, 2.05) is 60.7 Å². The summed E-state index contributed by atoms with van der Waals surface area (Å²) in [4.78, 5) is 27.3. The molecule has 2 aromatic rings. The molecule has 1 saturated heterocycles. The lowest BCUT2D eigenvalue weighted by atomic mass is 9.83. The molecule has 2 N–H and O–H groups in total. The summed E-state index contributed by atoms with van der Waals surface area (Å²) < 4.78 is 37.0. The Bertz CT molecular complexity index is 1880. The number of aliphatic hydroxyl groups excluding tert-OH is 1. The standard InChI is InChI=1S/C34H44N16O8/c1-34(2,3)58-33(52)42-23-14-24(44-49-38)29(27(51)28(23)55-19-22(43-48-37)15-40-46-35)57-32-26(45-50-39)31(54-18-21-12-8-5-9-13-21)30(25(56-32)16-41-47-36)53-17-20-10-6-4-7-11-20/h4-13,22-32,51H,14-19H2,1-3H3,(H,42,52)/t22-,23-,24?,25?,26?,27-,28?,29?,30-,31-,32-/m1/s1. The van der Waals surface area contributed by atoms with E-state index >= 15 is 0 Å². The molecule has 4 rings (SSSR count). The minimum atomic E-state index is -1.72. The van der Waals surface area contributed by atoms with Gasteiger partial charge in [0.15, 0.2) is 6.29 Å². The fraction of sp³-hybridized carbons (Fsp3) is 0.618. The van der Waals surface area contributed by atoms with Gasteiger partial charge >= 0.3 is 6.09 Å². The zero-order chi connectivity index (χ0) is 41.9. The molecule has 24 heteroatoms. The minimum Gasteiger partial charge on any atom is -0.444 e. The maximum absolute atomic E-state index is 13.0. The summed E-state index contributed by atoms with van der Waals surface area (Å²) in [5.74, 6) is 0. The number of benzene rings is 2. The zero-order valence-corrected chi connectivity index (χ0v) is 31.9. The third-order valence-corrected chi connectivity index (χ3v) is 8.88. The van der Waals surface area contributed by atoms with Crippen molar-refractivity contribution in [2.24, 2.45) is 25.6 Å². The van der Waals surface area contributed by atoms with E-state index in [1.165, 1.54) is 0 Å². The van der Waals surface area contributed by atoms with E-state index in [2.05, 4.69) is 55.4 Å². The van der Waals surface area contributed by atoms with E-state index < -0.39 is 78.8 Å². The van der Waals surface area contributed by atoms with Gasteiger partial charge in [-0.15, -0.1) is 0 Å². The number of hydrogen-bond donors (Lipinski definition) is 2. The molecule has 2 fully saturated rings. The van der Waals surface area contributed by atoms with Crippen molar-refractivity contribution < 1.29 is 38.3 Å². The normalized spacial score (nSPS) is 27.1.